The fraction of sp³-hybridized carbons (Fsp3) is 0.222. The number of carbonyl (C=O) groups is 2. The van der Waals surface area contributed by atoms with E-state index in [1.807, 2.05) is 55.6 Å². The lowest BCUT2D eigenvalue weighted by Crippen LogP contribution is -2.35. The first-order valence-electron chi connectivity index (χ1n) is 7.64. The Labute approximate surface area is 153 Å². The Kier molecular flexibility index (Phi) is 4.87. The molecule has 1 aliphatic rings. The minimum Gasteiger partial charge on any atom is -0.350 e. The molecule has 0 atom stereocenters. The van der Waals surface area contributed by atoms with Crippen molar-refractivity contribution < 1.29 is 9.59 Å². The van der Waals surface area contributed by atoms with Gasteiger partial charge in [0.05, 0.1) is 5.57 Å². The van der Waals surface area contributed by atoms with Gasteiger partial charge in [0, 0.05) is 21.6 Å². The van der Waals surface area contributed by atoms with Gasteiger partial charge in [-0.3, -0.25) is 14.5 Å². The lowest BCUT2D eigenvalue weighted by molar-refractivity contribution is -0.137. The summed E-state index contributed by atoms with van der Waals surface area (Å²) in [6.07, 6.45) is 0. The molecule has 24 heavy (non-hydrogen) atoms. The zero-order valence-electron chi connectivity index (χ0n) is 13.4. The van der Waals surface area contributed by atoms with Crippen LogP contribution in [-0.2, 0) is 9.59 Å². The summed E-state index contributed by atoms with van der Waals surface area (Å²) in [5, 5.41) is 5.05. The molecule has 1 aromatic carbocycles. The molecule has 6 heteroatoms. The molecular weight excluding hydrogens is 388 g/mol. The molecule has 0 aliphatic carbocycles. The Bertz CT molecular complexity index is 812. The molecule has 1 aromatic heterocycles. The fourth-order valence-corrected chi connectivity index (χ4v) is 3.75. The van der Waals surface area contributed by atoms with Gasteiger partial charge in [-0.05, 0) is 35.6 Å². The third-order valence-electron chi connectivity index (χ3n) is 3.58. The molecule has 2 aromatic rings. The predicted octanol–water partition coefficient (Wildman–Crippen LogP) is 4.36. The molecule has 2 amide bonds. The highest BCUT2D eigenvalue weighted by Gasteiger charge is 2.39. The standard InChI is InChI=1S/C18H17BrN2O2S/c1-11(2)10-21-17(22)15(14-7-4-8-24-14)16(18(21)23)20-13-6-3-5-12(19)9-13/h3-9,11,20H,10H2,1-2H3. The van der Waals surface area contributed by atoms with Gasteiger partial charge in [0.25, 0.3) is 11.8 Å². The van der Waals surface area contributed by atoms with Crippen LogP contribution in [0.3, 0.4) is 0 Å². The van der Waals surface area contributed by atoms with Gasteiger partial charge in [-0.15, -0.1) is 11.3 Å². The van der Waals surface area contributed by atoms with Crippen molar-refractivity contribution in [2.75, 3.05) is 11.9 Å². The molecule has 0 unspecified atom stereocenters. The summed E-state index contributed by atoms with van der Waals surface area (Å²) in [6.45, 7) is 4.40. The number of thiophene rings is 1. The van der Waals surface area contributed by atoms with Crippen molar-refractivity contribution in [3.05, 3.63) is 56.8 Å². The second-order valence-electron chi connectivity index (χ2n) is 5.98. The second kappa shape index (κ2) is 6.91. The van der Waals surface area contributed by atoms with E-state index in [0.717, 1.165) is 15.0 Å². The lowest BCUT2D eigenvalue weighted by atomic mass is 10.2. The van der Waals surface area contributed by atoms with Gasteiger partial charge in [-0.2, -0.15) is 0 Å². The van der Waals surface area contributed by atoms with Gasteiger partial charge in [0.1, 0.15) is 5.70 Å². The summed E-state index contributed by atoms with van der Waals surface area (Å²) >= 11 is 4.88. The zero-order chi connectivity index (χ0) is 17.3. The summed E-state index contributed by atoms with van der Waals surface area (Å²) in [4.78, 5) is 27.8. The summed E-state index contributed by atoms with van der Waals surface area (Å²) in [5.74, 6) is -0.279. The Balaban J connectivity index is 2.02. The molecule has 0 saturated heterocycles. The van der Waals surface area contributed by atoms with Gasteiger partial charge in [0.2, 0.25) is 0 Å². The Morgan fingerprint density at radius 1 is 1.17 bits per heavy atom. The average molecular weight is 405 g/mol. The topological polar surface area (TPSA) is 49.4 Å². The maximum atomic E-state index is 12.8. The molecule has 124 valence electrons. The number of nitrogens with one attached hydrogen (secondary N) is 1. The Morgan fingerprint density at radius 2 is 1.96 bits per heavy atom. The number of carbonyl (C=O) groups excluding carboxylic acids is 2. The van der Waals surface area contributed by atoms with E-state index in [1.165, 1.54) is 16.2 Å². The van der Waals surface area contributed by atoms with Crippen molar-refractivity contribution in [1.29, 1.82) is 0 Å². The number of anilines is 1. The Hall–Kier alpha value is -1.92. The van der Waals surface area contributed by atoms with Crippen LogP contribution in [0.1, 0.15) is 18.7 Å². The number of hydrogen-bond acceptors (Lipinski definition) is 4. The van der Waals surface area contributed by atoms with Crippen LogP contribution in [0.2, 0.25) is 0 Å². The molecular formula is C18H17BrN2O2S. The largest absolute Gasteiger partial charge is 0.350 e. The van der Waals surface area contributed by atoms with E-state index in [-0.39, 0.29) is 17.7 Å². The first-order chi connectivity index (χ1) is 11.5. The molecule has 0 radical (unpaired) electrons. The van der Waals surface area contributed by atoms with Crippen molar-refractivity contribution >= 4 is 50.3 Å². The van der Waals surface area contributed by atoms with E-state index in [1.54, 1.807) is 0 Å². The average Bonchev–Trinajstić information content (AvgIpc) is 3.11. The Morgan fingerprint density at radius 3 is 2.58 bits per heavy atom. The molecule has 0 fully saturated rings. The molecule has 3 rings (SSSR count). The van der Waals surface area contributed by atoms with Crippen molar-refractivity contribution in [2.24, 2.45) is 5.92 Å². The first-order valence-corrected chi connectivity index (χ1v) is 9.31. The normalized spacial score (nSPS) is 14.9. The van der Waals surface area contributed by atoms with E-state index < -0.39 is 0 Å². The van der Waals surface area contributed by atoms with Gasteiger partial charge in [0.15, 0.2) is 0 Å². The number of nitrogens with zero attached hydrogens (tertiary/aromatic N) is 1. The van der Waals surface area contributed by atoms with Crippen LogP contribution in [0.25, 0.3) is 5.57 Å². The van der Waals surface area contributed by atoms with Gasteiger partial charge in [-0.1, -0.05) is 41.9 Å². The van der Waals surface area contributed by atoms with Crippen molar-refractivity contribution in [2.45, 2.75) is 13.8 Å². The van der Waals surface area contributed by atoms with Crippen LogP contribution in [0, 0.1) is 5.92 Å². The number of amides is 2. The minimum atomic E-state index is -0.267. The van der Waals surface area contributed by atoms with Crippen molar-refractivity contribution in [3.8, 4) is 0 Å². The summed E-state index contributed by atoms with van der Waals surface area (Å²) in [5.41, 5.74) is 1.57. The monoisotopic (exact) mass is 404 g/mol. The summed E-state index contributed by atoms with van der Waals surface area (Å²) in [7, 11) is 0. The highest BCUT2D eigenvalue weighted by Crippen LogP contribution is 2.33. The quantitative estimate of drug-likeness (QED) is 0.753. The van der Waals surface area contributed by atoms with Crippen molar-refractivity contribution in [1.82, 2.24) is 4.90 Å². The van der Waals surface area contributed by atoms with Gasteiger partial charge in [-0.25, -0.2) is 0 Å². The maximum absolute atomic E-state index is 12.8. The highest BCUT2D eigenvalue weighted by molar-refractivity contribution is 9.10. The fourth-order valence-electron chi connectivity index (χ4n) is 2.58. The van der Waals surface area contributed by atoms with Crippen LogP contribution >= 0.6 is 27.3 Å². The van der Waals surface area contributed by atoms with Gasteiger partial charge >= 0.3 is 0 Å². The molecule has 4 nitrogen and oxygen atoms in total. The molecule has 0 bridgehead atoms. The molecule has 0 spiro atoms. The second-order valence-corrected chi connectivity index (χ2v) is 7.84. The number of halogens is 1. The number of benzene rings is 1. The summed E-state index contributed by atoms with van der Waals surface area (Å²) in [6, 6.07) is 11.3. The van der Waals surface area contributed by atoms with Crippen LogP contribution < -0.4 is 5.32 Å². The van der Waals surface area contributed by atoms with Crippen LogP contribution in [0.15, 0.2) is 51.9 Å². The highest BCUT2D eigenvalue weighted by atomic mass is 79.9. The maximum Gasteiger partial charge on any atom is 0.278 e. The van der Waals surface area contributed by atoms with Gasteiger partial charge < -0.3 is 5.32 Å². The van der Waals surface area contributed by atoms with Crippen LogP contribution in [0.4, 0.5) is 5.69 Å². The molecule has 2 heterocycles. The smallest absolute Gasteiger partial charge is 0.278 e. The molecule has 1 N–H and O–H groups in total. The third-order valence-corrected chi connectivity index (χ3v) is 4.96. The zero-order valence-corrected chi connectivity index (χ0v) is 15.8. The van der Waals surface area contributed by atoms with Crippen molar-refractivity contribution in [3.63, 3.8) is 0 Å². The SMILES string of the molecule is CC(C)CN1C(=O)C(Nc2cccc(Br)c2)=C(c2cccs2)C1=O. The third kappa shape index (κ3) is 3.30. The van der Waals surface area contributed by atoms with E-state index in [2.05, 4.69) is 21.2 Å². The van der Waals surface area contributed by atoms with E-state index >= 15 is 0 Å². The number of hydrogen-bond donors (Lipinski definition) is 1. The lowest BCUT2D eigenvalue weighted by Gasteiger charge is -2.17. The van der Waals surface area contributed by atoms with Crippen LogP contribution in [-0.4, -0.2) is 23.3 Å². The summed E-state index contributed by atoms with van der Waals surface area (Å²) < 4.78 is 0.904. The molecule has 0 saturated carbocycles. The predicted molar refractivity (Wildman–Crippen MR) is 101 cm³/mol. The molecule has 1 aliphatic heterocycles. The van der Waals surface area contributed by atoms with Crippen LogP contribution in [0.5, 0.6) is 0 Å². The minimum absolute atomic E-state index is 0.215. The number of imide groups is 1. The van der Waals surface area contributed by atoms with E-state index in [0.29, 0.717) is 17.8 Å². The van der Waals surface area contributed by atoms with E-state index in [4.69, 9.17) is 0 Å². The number of rotatable bonds is 5. The first kappa shape index (κ1) is 16.9. The van der Waals surface area contributed by atoms with E-state index in [9.17, 15) is 9.59 Å².